The van der Waals surface area contributed by atoms with Crippen LogP contribution >= 0.6 is 0 Å². The Labute approximate surface area is 93.1 Å². The summed E-state index contributed by atoms with van der Waals surface area (Å²) in [6, 6.07) is 5.75. The number of alkyl halides is 1. The van der Waals surface area contributed by atoms with Gasteiger partial charge in [0.2, 0.25) is 12.3 Å². The number of benzene rings is 1. The molecule has 16 heavy (non-hydrogen) atoms. The maximum atomic E-state index is 12.1. The topological polar surface area (TPSA) is 52.6 Å². The molecule has 0 saturated heterocycles. The third kappa shape index (κ3) is 2.51. The molecule has 1 heterocycles. The minimum atomic E-state index is -4.11. The second-order valence-electron chi connectivity index (χ2n) is 3.46. The van der Waals surface area contributed by atoms with Crippen molar-refractivity contribution < 1.29 is 21.7 Å². The summed E-state index contributed by atoms with van der Waals surface area (Å²) < 4.78 is 43.7. The van der Waals surface area contributed by atoms with Crippen LogP contribution in [0, 0.1) is 0 Å². The smallest absolute Gasteiger partial charge is 0.300 e. The number of halogens is 1. The normalized spacial score (nSPS) is 19.9. The van der Waals surface area contributed by atoms with E-state index in [0.29, 0.717) is 18.6 Å². The van der Waals surface area contributed by atoms with E-state index in [1.54, 1.807) is 12.1 Å². The fraction of sp³-hybridized carbons (Fsp3) is 0.400. The predicted molar refractivity (Wildman–Crippen MR) is 55.2 cm³/mol. The van der Waals surface area contributed by atoms with Crippen LogP contribution in [-0.2, 0) is 20.7 Å². The zero-order valence-corrected chi connectivity index (χ0v) is 9.24. The number of para-hydroxylation sites is 1. The molecule has 88 valence electrons. The van der Waals surface area contributed by atoms with E-state index in [9.17, 15) is 12.8 Å². The summed E-state index contributed by atoms with van der Waals surface area (Å²) in [5.74, 6) is 0.591. The molecular formula is C10H11FO4S. The molecule has 0 saturated carbocycles. The largest absolute Gasteiger partial charge is 0.463 e. The van der Waals surface area contributed by atoms with Gasteiger partial charge >= 0.3 is 0 Å². The Hall–Kier alpha value is -1.14. The van der Waals surface area contributed by atoms with Gasteiger partial charge in [0.15, 0.2) is 0 Å². The Morgan fingerprint density at radius 1 is 1.44 bits per heavy atom. The minimum absolute atomic E-state index is 0.399. The van der Waals surface area contributed by atoms with Gasteiger partial charge in [-0.25, -0.2) is 8.57 Å². The molecule has 4 nitrogen and oxygen atoms in total. The number of hydrogen-bond acceptors (Lipinski definition) is 4. The van der Waals surface area contributed by atoms with E-state index in [2.05, 4.69) is 4.18 Å². The molecule has 0 fully saturated rings. The van der Waals surface area contributed by atoms with Gasteiger partial charge in [-0.1, -0.05) is 18.2 Å². The van der Waals surface area contributed by atoms with Crippen molar-refractivity contribution in [2.75, 3.05) is 6.01 Å². The third-order valence-electron chi connectivity index (χ3n) is 2.27. The van der Waals surface area contributed by atoms with Crippen LogP contribution in [0.1, 0.15) is 12.0 Å². The van der Waals surface area contributed by atoms with Crippen LogP contribution in [0.15, 0.2) is 24.3 Å². The van der Waals surface area contributed by atoms with Gasteiger partial charge in [-0.2, -0.15) is 8.42 Å². The standard InChI is InChI=1S/C10H11FO4S/c11-7-16(12,13)15-10-6-5-8-3-1-2-4-9(8)14-10/h1-4,10H,5-7H2. The van der Waals surface area contributed by atoms with E-state index in [0.717, 1.165) is 5.56 Å². The van der Waals surface area contributed by atoms with Crippen molar-refractivity contribution in [3.05, 3.63) is 29.8 Å². The Balaban J connectivity index is 2.09. The van der Waals surface area contributed by atoms with Gasteiger partial charge in [0.25, 0.3) is 10.1 Å². The molecule has 1 atom stereocenters. The predicted octanol–water partition coefficient (Wildman–Crippen LogP) is 1.61. The Bertz CT molecular complexity index is 471. The summed E-state index contributed by atoms with van der Waals surface area (Å²) >= 11 is 0. The molecule has 1 aliphatic heterocycles. The van der Waals surface area contributed by atoms with Crippen molar-refractivity contribution in [3.63, 3.8) is 0 Å². The lowest BCUT2D eigenvalue weighted by atomic mass is 10.1. The first-order chi connectivity index (χ1) is 7.61. The number of fused-ring (bicyclic) bond motifs is 1. The average Bonchev–Trinajstić information content (AvgIpc) is 2.28. The highest BCUT2D eigenvalue weighted by Gasteiger charge is 2.25. The minimum Gasteiger partial charge on any atom is -0.463 e. The lowest BCUT2D eigenvalue weighted by molar-refractivity contribution is -0.00535. The molecule has 0 amide bonds. The van der Waals surface area contributed by atoms with Gasteiger partial charge in [-0.15, -0.1) is 0 Å². The van der Waals surface area contributed by atoms with E-state index in [-0.39, 0.29) is 0 Å². The summed E-state index contributed by atoms with van der Waals surface area (Å²) in [5, 5.41) is 0. The first-order valence-electron chi connectivity index (χ1n) is 4.82. The van der Waals surface area contributed by atoms with E-state index in [1.807, 2.05) is 12.1 Å². The lowest BCUT2D eigenvalue weighted by Crippen LogP contribution is -2.28. The highest BCUT2D eigenvalue weighted by atomic mass is 32.2. The summed E-state index contributed by atoms with van der Waals surface area (Å²) in [6.45, 7) is 0. The molecule has 1 aromatic carbocycles. The zero-order chi connectivity index (χ0) is 11.6. The second kappa shape index (κ2) is 4.39. The molecular weight excluding hydrogens is 235 g/mol. The fourth-order valence-corrected chi connectivity index (χ4v) is 2.07. The maximum Gasteiger partial charge on any atom is 0.300 e. The van der Waals surface area contributed by atoms with Crippen LogP contribution < -0.4 is 4.74 Å². The molecule has 0 N–H and O–H groups in total. The Morgan fingerprint density at radius 3 is 2.94 bits per heavy atom. The molecule has 2 rings (SSSR count). The SMILES string of the molecule is O=S(=O)(CF)OC1CCc2ccccc2O1. The van der Waals surface area contributed by atoms with Crippen LogP contribution in [-0.4, -0.2) is 20.7 Å². The van der Waals surface area contributed by atoms with Crippen LogP contribution in [0.2, 0.25) is 0 Å². The lowest BCUT2D eigenvalue weighted by Gasteiger charge is -2.24. The van der Waals surface area contributed by atoms with Crippen LogP contribution in [0.3, 0.4) is 0 Å². The van der Waals surface area contributed by atoms with Gasteiger partial charge in [-0.3, -0.25) is 0 Å². The van der Waals surface area contributed by atoms with Crippen molar-refractivity contribution in [1.82, 2.24) is 0 Å². The van der Waals surface area contributed by atoms with Crippen molar-refractivity contribution in [2.24, 2.45) is 0 Å². The molecule has 1 aliphatic rings. The highest BCUT2D eigenvalue weighted by Crippen LogP contribution is 2.28. The van der Waals surface area contributed by atoms with Crippen LogP contribution in [0.5, 0.6) is 5.75 Å². The monoisotopic (exact) mass is 246 g/mol. The number of ether oxygens (including phenoxy) is 1. The van der Waals surface area contributed by atoms with Gasteiger partial charge in [0.1, 0.15) is 5.75 Å². The van der Waals surface area contributed by atoms with Gasteiger partial charge in [0.05, 0.1) is 0 Å². The van der Waals surface area contributed by atoms with Gasteiger partial charge < -0.3 is 4.74 Å². The molecule has 0 aromatic heterocycles. The summed E-state index contributed by atoms with van der Waals surface area (Å²) in [7, 11) is -4.11. The maximum absolute atomic E-state index is 12.1. The Kier molecular flexibility index (Phi) is 3.11. The van der Waals surface area contributed by atoms with E-state index in [1.165, 1.54) is 0 Å². The zero-order valence-electron chi connectivity index (χ0n) is 8.43. The second-order valence-corrected chi connectivity index (χ2v) is 4.98. The molecule has 1 unspecified atom stereocenters. The summed E-state index contributed by atoms with van der Waals surface area (Å²) in [6.07, 6.45) is 0.134. The molecule has 6 heteroatoms. The van der Waals surface area contributed by atoms with Crippen molar-refractivity contribution in [2.45, 2.75) is 19.1 Å². The quantitative estimate of drug-likeness (QED) is 0.760. The number of hydrogen-bond donors (Lipinski definition) is 0. The Morgan fingerprint density at radius 2 is 2.19 bits per heavy atom. The first-order valence-corrected chi connectivity index (χ1v) is 6.40. The molecule has 1 aromatic rings. The number of aryl methyl sites for hydroxylation is 1. The van der Waals surface area contributed by atoms with Crippen molar-refractivity contribution >= 4 is 10.1 Å². The van der Waals surface area contributed by atoms with Gasteiger partial charge in [0, 0.05) is 6.42 Å². The van der Waals surface area contributed by atoms with Crippen LogP contribution in [0.4, 0.5) is 4.39 Å². The average molecular weight is 246 g/mol. The van der Waals surface area contributed by atoms with Gasteiger partial charge in [-0.05, 0) is 18.1 Å². The third-order valence-corrected chi connectivity index (χ3v) is 3.04. The van der Waals surface area contributed by atoms with Crippen molar-refractivity contribution in [3.8, 4) is 5.75 Å². The molecule has 0 bridgehead atoms. The van der Waals surface area contributed by atoms with Crippen LogP contribution in [0.25, 0.3) is 0 Å². The van der Waals surface area contributed by atoms with E-state index < -0.39 is 22.4 Å². The van der Waals surface area contributed by atoms with E-state index in [4.69, 9.17) is 4.74 Å². The summed E-state index contributed by atoms with van der Waals surface area (Å²) in [4.78, 5) is 0. The molecule has 0 aliphatic carbocycles. The number of rotatable bonds is 3. The van der Waals surface area contributed by atoms with E-state index >= 15 is 0 Å². The van der Waals surface area contributed by atoms with Crippen molar-refractivity contribution in [1.29, 1.82) is 0 Å². The molecule has 0 spiro atoms. The first kappa shape index (κ1) is 11.3. The molecule has 0 radical (unpaired) electrons. The summed E-state index contributed by atoms with van der Waals surface area (Å²) in [5.41, 5.74) is 1.000. The fourth-order valence-electron chi connectivity index (χ4n) is 1.56. The highest BCUT2D eigenvalue weighted by molar-refractivity contribution is 7.86.